The molecule has 0 spiro atoms. The highest BCUT2D eigenvalue weighted by molar-refractivity contribution is 6.08. The average Bonchev–Trinajstić information content (AvgIpc) is 1.65. The number of H-pyrrole nitrogens is 1. The van der Waals surface area contributed by atoms with Crippen LogP contribution in [-0.4, -0.2) is 63.0 Å². The Hall–Kier alpha value is -12.2. The van der Waals surface area contributed by atoms with E-state index in [1.807, 2.05) is 31.6 Å². The van der Waals surface area contributed by atoms with Gasteiger partial charge in [0.1, 0.15) is 5.52 Å². The van der Waals surface area contributed by atoms with Crippen molar-refractivity contribution in [3.8, 4) is 55.6 Å². The first-order valence-electron chi connectivity index (χ1n) is 40.8. The van der Waals surface area contributed by atoms with Crippen LogP contribution in [0.4, 0.5) is 22.7 Å². The molecule has 12 aromatic carbocycles. The maximum Gasteiger partial charge on any atom is 0.192 e. The number of benzene rings is 12. The van der Waals surface area contributed by atoms with Crippen LogP contribution < -0.4 is 20.9 Å². The van der Waals surface area contributed by atoms with Crippen molar-refractivity contribution in [1.29, 1.82) is 0 Å². The highest BCUT2D eigenvalue weighted by Crippen LogP contribution is 2.33. The van der Waals surface area contributed by atoms with Crippen molar-refractivity contribution in [3.05, 3.63) is 313 Å². The minimum atomic E-state index is 0.705. The molecule has 1 saturated heterocycles. The number of aliphatic imine (C=N–C) groups is 1. The van der Waals surface area contributed by atoms with Crippen molar-refractivity contribution in [3.63, 3.8) is 0 Å². The quantitative estimate of drug-likeness (QED) is 0.0637. The van der Waals surface area contributed by atoms with E-state index in [1.54, 1.807) is 0 Å². The van der Waals surface area contributed by atoms with E-state index >= 15 is 0 Å². The van der Waals surface area contributed by atoms with Crippen molar-refractivity contribution in [2.75, 3.05) is 53.6 Å². The second-order valence-corrected chi connectivity index (χ2v) is 30.1. The summed E-state index contributed by atoms with van der Waals surface area (Å²) in [7, 11) is 0. The van der Waals surface area contributed by atoms with Gasteiger partial charge in [-0.2, -0.15) is 0 Å². The first-order valence-corrected chi connectivity index (χ1v) is 40.8. The fourth-order valence-electron chi connectivity index (χ4n) is 14.6. The lowest BCUT2D eigenvalue weighted by atomic mass is 10.0. The molecule has 1 unspecified atom stereocenters. The summed E-state index contributed by atoms with van der Waals surface area (Å²) in [5, 5.41) is 14.1. The number of aryl methyl sites for hydroxylation is 6. The molecule has 0 amide bonds. The number of hydrogen-bond donors (Lipinski definition) is 4. The molecule has 1 atom stereocenters. The van der Waals surface area contributed by atoms with E-state index in [-0.39, 0.29) is 0 Å². The minimum absolute atomic E-state index is 0.705. The standard InChI is InChI=1S/C18H21N.C18H19N.C17H18N2O.2C17H18N2.C15H16N2/c1-14-3-5-16(6-4-14)17-7-9-18(10-8-17)19-12-11-15(2)13-19;1-3-11-19-12-10-17-13-16(8-9-18(17)19)15-6-4-14(2)5-7-15;1-3-10-18-15-7-4-13(5-8-15)14-6-9-16-17(11-14)20-12(2)19-16;1-3-10-19-12-18-16-11-15(8-9-17(16)19)14-6-4-13(2)5-7-14;1-2-9-19-17-7-5-13(6-8-17)14-3-4-15-11-18-12-16(15)10-14;1-2-9-16-11-7-8-13-12-5-3-4-6-14(12)17-15(13)10-11/h3-10,15H,11-13H2,1-2H3;4-10,12-13H,3,11H2,1-2H3;4-9,11,18H,3,10H2,1-2H3;4-9,11-12H,3,10H2,1-2H3;3-8,10,12,19H,2,9,11H2,1H3;3-8,10,16-17H,2,9H2,1H3. The van der Waals surface area contributed by atoms with E-state index in [0.717, 1.165) is 98.7 Å². The molecule has 0 bridgehead atoms. The maximum absolute atomic E-state index is 5.58. The van der Waals surface area contributed by atoms with Crippen molar-refractivity contribution in [2.24, 2.45) is 10.9 Å². The molecule has 1 fully saturated rings. The minimum Gasteiger partial charge on any atom is -0.441 e. The van der Waals surface area contributed by atoms with Crippen molar-refractivity contribution in [2.45, 2.75) is 127 Å². The van der Waals surface area contributed by atoms with Gasteiger partial charge in [0.15, 0.2) is 11.5 Å². The highest BCUT2D eigenvalue weighted by atomic mass is 16.3. The lowest BCUT2D eigenvalue weighted by Gasteiger charge is -2.18. The molecule has 4 aromatic heterocycles. The van der Waals surface area contributed by atoms with Crippen LogP contribution in [0.3, 0.4) is 0 Å². The van der Waals surface area contributed by atoms with E-state index < -0.39 is 0 Å². The molecule has 2 aliphatic rings. The average molecular weight is 1490 g/mol. The number of oxazole rings is 1. The SMILES string of the molecule is CCCNc1ccc(-c2ccc3c(c2)C=NC3)cc1.CCCNc1ccc(-c2ccc3nc(C)oc3c2)cc1.CCCNc1ccc2c(c1)[nH]c1ccccc12.CCCn1ccc2cc(-c3ccc(C)cc3)ccc21.CCCn1cnc2cc(-c3ccc(C)cc3)ccc21.Cc1ccc(-c2ccc(N3CCC(C)C3)cc2)cc1. The predicted octanol–water partition coefficient (Wildman–Crippen LogP) is 26.8. The van der Waals surface area contributed by atoms with Gasteiger partial charge in [-0.3, -0.25) is 4.99 Å². The highest BCUT2D eigenvalue weighted by Gasteiger charge is 2.19. The molecule has 4 N–H and O–H groups in total. The van der Waals surface area contributed by atoms with Crippen LogP contribution >= 0.6 is 0 Å². The molecule has 6 heterocycles. The number of para-hydroxylation sites is 1. The molecule has 18 rings (SSSR count). The van der Waals surface area contributed by atoms with Crippen molar-refractivity contribution in [1.82, 2.24) is 24.1 Å². The van der Waals surface area contributed by atoms with E-state index in [1.165, 1.54) is 159 Å². The van der Waals surface area contributed by atoms with Crippen molar-refractivity contribution >= 4 is 83.8 Å². The number of rotatable bonds is 19. The molecule has 11 nitrogen and oxygen atoms in total. The lowest BCUT2D eigenvalue weighted by Crippen LogP contribution is -2.18. The van der Waals surface area contributed by atoms with Gasteiger partial charge < -0.3 is 39.4 Å². The Morgan fingerprint density at radius 2 is 0.929 bits per heavy atom. The largest absolute Gasteiger partial charge is 0.441 e. The number of aromatic nitrogens is 5. The number of nitrogens with zero attached hydrogens (tertiary/aromatic N) is 6. The number of imidazole rings is 1. The van der Waals surface area contributed by atoms with Gasteiger partial charge >= 0.3 is 0 Å². The number of anilines is 4. The van der Waals surface area contributed by atoms with Gasteiger partial charge in [-0.1, -0.05) is 222 Å². The first-order chi connectivity index (χ1) is 55.3. The predicted molar refractivity (Wildman–Crippen MR) is 485 cm³/mol. The number of nitrogens with one attached hydrogen (secondary N) is 4. The monoisotopic (exact) mass is 1490 g/mol. The third-order valence-electron chi connectivity index (χ3n) is 20.9. The van der Waals surface area contributed by atoms with Gasteiger partial charge in [-0.05, 0) is 235 Å². The molecule has 2 aliphatic heterocycles. The smallest absolute Gasteiger partial charge is 0.192 e. The Morgan fingerprint density at radius 1 is 0.434 bits per heavy atom. The zero-order valence-corrected chi connectivity index (χ0v) is 67.7. The molecule has 0 aliphatic carbocycles. The van der Waals surface area contributed by atoms with E-state index in [2.05, 4.69) is 373 Å². The van der Waals surface area contributed by atoms with Crippen LogP contribution in [0, 0.1) is 33.6 Å². The van der Waals surface area contributed by atoms with Crippen molar-refractivity contribution < 1.29 is 4.42 Å². The van der Waals surface area contributed by atoms with Gasteiger partial charge in [-0.15, -0.1) is 0 Å². The summed E-state index contributed by atoms with van der Waals surface area (Å²) in [4.78, 5) is 19.1. The van der Waals surface area contributed by atoms with Crippen LogP contribution in [0.5, 0.6) is 0 Å². The number of fused-ring (bicyclic) bond motifs is 7. The normalized spacial score (nSPS) is 12.6. The van der Waals surface area contributed by atoms with Gasteiger partial charge in [0.25, 0.3) is 0 Å². The first kappa shape index (κ1) is 78.9. The Bertz CT molecular complexity index is 5600. The Kier molecular flexibility index (Phi) is 27.0. The fourth-order valence-corrected chi connectivity index (χ4v) is 14.6. The molecular weight excluding hydrogens is 1380 g/mol. The number of aromatic amines is 1. The summed E-state index contributed by atoms with van der Waals surface area (Å²) in [6, 6.07) is 95.3. The summed E-state index contributed by atoms with van der Waals surface area (Å²) in [6.07, 6.45) is 13.1. The molecular formula is C102H110N10O. The molecule has 0 radical (unpaired) electrons. The zero-order valence-electron chi connectivity index (χ0n) is 67.7. The Balaban J connectivity index is 0.000000119. The van der Waals surface area contributed by atoms with Crippen LogP contribution in [0.2, 0.25) is 0 Å². The summed E-state index contributed by atoms with van der Waals surface area (Å²) < 4.78 is 10.1. The van der Waals surface area contributed by atoms with Gasteiger partial charge in [0.05, 0.1) is 23.9 Å². The third-order valence-corrected chi connectivity index (χ3v) is 20.9. The van der Waals surface area contributed by atoms with E-state index in [4.69, 9.17) is 4.42 Å². The molecule has 574 valence electrons. The van der Waals surface area contributed by atoms with Gasteiger partial charge in [0.2, 0.25) is 0 Å². The second kappa shape index (κ2) is 38.6. The molecule has 113 heavy (non-hydrogen) atoms. The molecule has 11 heteroatoms. The van der Waals surface area contributed by atoms with Crippen LogP contribution in [0.1, 0.15) is 114 Å². The van der Waals surface area contributed by atoms with E-state index in [9.17, 15) is 0 Å². The van der Waals surface area contributed by atoms with E-state index in [0.29, 0.717) is 5.89 Å². The fraction of sp³-hybridized carbons (Fsp3) is 0.245. The van der Waals surface area contributed by atoms with Gasteiger partial charge in [-0.25, -0.2) is 9.97 Å². The van der Waals surface area contributed by atoms with Crippen LogP contribution in [-0.2, 0) is 19.6 Å². The summed E-state index contributed by atoms with van der Waals surface area (Å²) in [6.45, 7) is 29.9. The number of hydrogen-bond acceptors (Lipinski definition) is 8. The zero-order chi connectivity index (χ0) is 78.4. The summed E-state index contributed by atoms with van der Waals surface area (Å²) >= 11 is 0. The maximum atomic E-state index is 5.58. The summed E-state index contributed by atoms with van der Waals surface area (Å²) in [5.41, 5.74) is 31.7. The van der Waals surface area contributed by atoms with Gasteiger partial charge in [0, 0.05) is 121 Å². The summed E-state index contributed by atoms with van der Waals surface area (Å²) in [5.74, 6) is 1.54. The third kappa shape index (κ3) is 20.7. The second-order valence-electron chi connectivity index (χ2n) is 30.1. The Morgan fingerprint density at radius 3 is 1.52 bits per heavy atom. The molecule has 16 aromatic rings. The molecule has 0 saturated carbocycles. The Labute approximate surface area is 669 Å². The van der Waals surface area contributed by atoms with Crippen LogP contribution in [0.15, 0.2) is 289 Å². The lowest BCUT2D eigenvalue weighted by molar-refractivity contribution is 0.561. The van der Waals surface area contributed by atoms with Crippen LogP contribution in [0.25, 0.3) is 110 Å². The topological polar surface area (TPSA) is 116 Å².